The van der Waals surface area contributed by atoms with Gasteiger partial charge in [0.2, 0.25) is 0 Å². The van der Waals surface area contributed by atoms with Gasteiger partial charge < -0.3 is 4.74 Å². The van der Waals surface area contributed by atoms with Gasteiger partial charge in [0.1, 0.15) is 11.8 Å². The largest absolute Gasteiger partial charge is 0.444 e. The fraction of sp³-hybridized carbons (Fsp3) is 0.909. The number of hydrogen-bond acceptors (Lipinski definition) is 5. The number of nitrogens with zero attached hydrogens (tertiary/aromatic N) is 1. The maximum absolute atomic E-state index is 13.4. The zero-order chi connectivity index (χ0) is 14.8. The van der Waals surface area contributed by atoms with Gasteiger partial charge in [-0.1, -0.05) is 0 Å². The van der Waals surface area contributed by atoms with Crippen molar-refractivity contribution in [3.05, 3.63) is 0 Å². The van der Waals surface area contributed by atoms with E-state index in [1.807, 2.05) is 0 Å². The van der Waals surface area contributed by atoms with Crippen molar-refractivity contribution in [1.29, 1.82) is 0 Å². The summed E-state index contributed by atoms with van der Waals surface area (Å²) in [4.78, 5) is 13.1. The Bertz CT molecular complexity index is 431. The van der Waals surface area contributed by atoms with Crippen LogP contribution in [0.15, 0.2) is 0 Å². The number of hydrogen-bond donors (Lipinski definition) is 0. The third-order valence-electron chi connectivity index (χ3n) is 2.47. The van der Waals surface area contributed by atoms with Gasteiger partial charge in [0.15, 0.2) is 0 Å². The van der Waals surface area contributed by atoms with E-state index < -0.39 is 34.0 Å². The summed E-state index contributed by atoms with van der Waals surface area (Å²) in [5, 5.41) is 0. The Labute approximate surface area is 113 Å². The van der Waals surface area contributed by atoms with Gasteiger partial charge in [-0.05, 0) is 20.8 Å². The Morgan fingerprint density at radius 3 is 2.47 bits per heavy atom. The van der Waals surface area contributed by atoms with Crippen molar-refractivity contribution in [2.45, 2.75) is 45.0 Å². The van der Waals surface area contributed by atoms with Crippen molar-refractivity contribution >= 4 is 16.2 Å². The second-order valence-electron chi connectivity index (χ2n) is 5.61. The van der Waals surface area contributed by atoms with Crippen molar-refractivity contribution < 1.29 is 26.5 Å². The van der Waals surface area contributed by atoms with Crippen molar-refractivity contribution in [3.63, 3.8) is 0 Å². The predicted octanol–water partition coefficient (Wildman–Crippen LogP) is 1.31. The average molecular weight is 297 g/mol. The first kappa shape index (κ1) is 16.2. The number of carbonyl (C=O) groups excluding carboxylic acids is 1. The van der Waals surface area contributed by atoms with E-state index in [1.165, 1.54) is 4.90 Å². The van der Waals surface area contributed by atoms with Crippen LogP contribution in [-0.2, 0) is 19.0 Å². The molecule has 1 aliphatic heterocycles. The first-order chi connectivity index (χ1) is 8.48. The van der Waals surface area contributed by atoms with Crippen LogP contribution in [0.1, 0.15) is 27.2 Å². The smallest absolute Gasteiger partial charge is 0.410 e. The molecule has 0 radical (unpaired) electrons. The summed E-state index contributed by atoms with van der Waals surface area (Å²) in [6, 6.07) is -0.625. The quantitative estimate of drug-likeness (QED) is 0.734. The molecule has 0 aromatic heterocycles. The summed E-state index contributed by atoms with van der Waals surface area (Å²) >= 11 is 0. The van der Waals surface area contributed by atoms with Gasteiger partial charge in [-0.15, -0.1) is 0 Å². The minimum Gasteiger partial charge on any atom is -0.444 e. The topological polar surface area (TPSA) is 72.9 Å². The summed E-state index contributed by atoms with van der Waals surface area (Å²) in [6.07, 6.45) is -0.892. The number of rotatable bonds is 3. The highest BCUT2D eigenvalue weighted by atomic mass is 32.2. The molecule has 8 heteroatoms. The third kappa shape index (κ3) is 5.73. The van der Waals surface area contributed by atoms with Crippen LogP contribution >= 0.6 is 0 Å². The molecular formula is C11H20FNO5S. The molecule has 112 valence electrons. The second kappa shape index (κ2) is 5.62. The van der Waals surface area contributed by atoms with Crippen LogP contribution in [0.4, 0.5) is 9.18 Å². The van der Waals surface area contributed by atoms with Crippen LogP contribution in [0.2, 0.25) is 0 Å². The lowest BCUT2D eigenvalue weighted by molar-refractivity contribution is 0.0183. The predicted molar refractivity (Wildman–Crippen MR) is 67.0 cm³/mol. The minimum atomic E-state index is -3.61. The highest BCUT2D eigenvalue weighted by Gasteiger charge is 2.38. The van der Waals surface area contributed by atoms with Crippen LogP contribution in [-0.4, -0.2) is 56.6 Å². The van der Waals surface area contributed by atoms with E-state index in [1.54, 1.807) is 20.8 Å². The molecule has 0 N–H and O–H groups in total. The summed E-state index contributed by atoms with van der Waals surface area (Å²) in [7, 11) is -3.61. The van der Waals surface area contributed by atoms with Gasteiger partial charge in [0, 0.05) is 6.42 Å². The van der Waals surface area contributed by atoms with Gasteiger partial charge in [0.05, 0.1) is 25.4 Å². The Morgan fingerprint density at radius 1 is 1.42 bits per heavy atom. The van der Waals surface area contributed by atoms with E-state index in [-0.39, 0.29) is 19.6 Å². The number of halogens is 1. The lowest BCUT2D eigenvalue weighted by Gasteiger charge is -2.27. The highest BCUT2D eigenvalue weighted by molar-refractivity contribution is 7.85. The zero-order valence-electron chi connectivity index (χ0n) is 11.6. The van der Waals surface area contributed by atoms with Crippen molar-refractivity contribution in [3.8, 4) is 0 Å². The van der Waals surface area contributed by atoms with E-state index in [4.69, 9.17) is 4.74 Å². The van der Waals surface area contributed by atoms with Crippen LogP contribution in [0.5, 0.6) is 0 Å². The SMILES string of the molecule is CC(C)(C)OC(=O)N1CC(F)CC1COS(C)(=O)=O. The van der Waals surface area contributed by atoms with Crippen molar-refractivity contribution in [1.82, 2.24) is 4.90 Å². The fourth-order valence-electron chi connectivity index (χ4n) is 1.76. The van der Waals surface area contributed by atoms with E-state index in [2.05, 4.69) is 4.18 Å². The number of ether oxygens (including phenoxy) is 1. The van der Waals surface area contributed by atoms with E-state index in [0.29, 0.717) is 0 Å². The van der Waals surface area contributed by atoms with E-state index >= 15 is 0 Å². The summed E-state index contributed by atoms with van der Waals surface area (Å²) < 4.78 is 45.0. The molecule has 2 atom stereocenters. The number of alkyl halides is 1. The molecule has 0 spiro atoms. The lowest BCUT2D eigenvalue weighted by Crippen LogP contribution is -2.42. The van der Waals surface area contributed by atoms with Crippen LogP contribution in [0, 0.1) is 0 Å². The second-order valence-corrected chi connectivity index (χ2v) is 7.25. The number of likely N-dealkylation sites (tertiary alicyclic amines) is 1. The van der Waals surface area contributed by atoms with Crippen LogP contribution in [0.3, 0.4) is 0 Å². The van der Waals surface area contributed by atoms with Gasteiger partial charge >= 0.3 is 6.09 Å². The first-order valence-corrected chi connectivity index (χ1v) is 7.78. The Hall–Kier alpha value is -0.890. The van der Waals surface area contributed by atoms with Gasteiger partial charge in [-0.25, -0.2) is 9.18 Å². The van der Waals surface area contributed by atoms with E-state index in [0.717, 1.165) is 6.26 Å². The van der Waals surface area contributed by atoms with Gasteiger partial charge in [-0.2, -0.15) is 8.42 Å². The van der Waals surface area contributed by atoms with Crippen LogP contribution in [0.25, 0.3) is 0 Å². The standard InChI is InChI=1S/C11H20FNO5S/c1-11(2,3)18-10(14)13-6-8(12)5-9(13)7-17-19(4,15)16/h8-9H,5-7H2,1-4H3. The molecule has 0 saturated carbocycles. The highest BCUT2D eigenvalue weighted by Crippen LogP contribution is 2.23. The average Bonchev–Trinajstić information content (AvgIpc) is 2.53. The molecular weight excluding hydrogens is 277 g/mol. The Kier molecular flexibility index (Phi) is 4.78. The van der Waals surface area contributed by atoms with Crippen molar-refractivity contribution in [2.24, 2.45) is 0 Å². The molecule has 1 aliphatic rings. The molecule has 1 saturated heterocycles. The van der Waals surface area contributed by atoms with Gasteiger partial charge in [0.25, 0.3) is 10.1 Å². The molecule has 0 aromatic carbocycles. The molecule has 6 nitrogen and oxygen atoms in total. The monoisotopic (exact) mass is 297 g/mol. The molecule has 0 bridgehead atoms. The minimum absolute atomic E-state index is 0.0504. The molecule has 0 aliphatic carbocycles. The molecule has 1 fully saturated rings. The number of carbonyl (C=O) groups is 1. The molecule has 19 heavy (non-hydrogen) atoms. The molecule has 2 unspecified atom stereocenters. The first-order valence-electron chi connectivity index (χ1n) is 5.96. The Morgan fingerprint density at radius 2 is 2.00 bits per heavy atom. The summed E-state index contributed by atoms with van der Waals surface area (Å²) in [5.41, 5.74) is -0.687. The summed E-state index contributed by atoms with van der Waals surface area (Å²) in [6.45, 7) is 4.76. The van der Waals surface area contributed by atoms with Crippen molar-refractivity contribution in [2.75, 3.05) is 19.4 Å². The maximum atomic E-state index is 13.4. The molecule has 1 heterocycles. The molecule has 1 rings (SSSR count). The summed E-state index contributed by atoms with van der Waals surface area (Å²) in [5.74, 6) is 0. The Balaban J connectivity index is 2.66. The zero-order valence-corrected chi connectivity index (χ0v) is 12.4. The van der Waals surface area contributed by atoms with E-state index in [9.17, 15) is 17.6 Å². The molecule has 0 aromatic rings. The normalized spacial score (nSPS) is 24.6. The van der Waals surface area contributed by atoms with Crippen LogP contribution < -0.4 is 0 Å². The number of amides is 1. The molecule has 1 amide bonds. The maximum Gasteiger partial charge on any atom is 0.410 e. The van der Waals surface area contributed by atoms with Gasteiger partial charge in [-0.3, -0.25) is 9.08 Å². The fourth-order valence-corrected chi connectivity index (χ4v) is 2.17. The lowest BCUT2D eigenvalue weighted by atomic mass is 10.2. The third-order valence-corrected chi connectivity index (χ3v) is 3.03.